The Balaban J connectivity index is 0.965. The maximum absolute atomic E-state index is 4.75. The van der Waals surface area contributed by atoms with Crippen LogP contribution in [-0.2, 0) is 5.41 Å². The summed E-state index contributed by atoms with van der Waals surface area (Å²) in [6.45, 7) is 4.88. The van der Waals surface area contributed by atoms with Crippen molar-refractivity contribution < 1.29 is 0 Å². The second kappa shape index (κ2) is 11.0. The highest BCUT2D eigenvalue weighted by Gasteiger charge is 2.45. The van der Waals surface area contributed by atoms with Gasteiger partial charge in [0.25, 0.3) is 0 Å². The van der Waals surface area contributed by atoms with Crippen LogP contribution < -0.4 is 0 Å². The number of fused-ring (bicyclic) bond motifs is 12. The molecule has 2 aliphatic carbocycles. The fourth-order valence-corrected chi connectivity index (χ4v) is 10.5. The van der Waals surface area contributed by atoms with Crippen molar-refractivity contribution in [2.45, 2.75) is 25.2 Å². The Morgan fingerprint density at radius 2 is 1.25 bits per heavy atom. The van der Waals surface area contributed by atoms with E-state index in [2.05, 4.69) is 159 Å². The Labute approximate surface area is 306 Å². The highest BCUT2D eigenvalue weighted by atomic mass is 32.1. The van der Waals surface area contributed by atoms with Crippen LogP contribution in [0.3, 0.4) is 0 Å². The summed E-state index contributed by atoms with van der Waals surface area (Å²) in [5.74, 6) is 0.751. The Morgan fingerprint density at radius 3 is 2.12 bits per heavy atom. The molecule has 2 nitrogen and oxygen atoms in total. The SMILES string of the molecule is CC1(C)c2cc(-c3cccc4c3sc3ccccc34)ccc2C2C=CC(c3cccc(-c4ccc5c(c4)c4ccccc4c4nccnc54)c3)=CC21. The average molecular weight is 683 g/mol. The molecule has 9 aromatic rings. The van der Waals surface area contributed by atoms with Crippen molar-refractivity contribution in [1.29, 1.82) is 0 Å². The molecule has 2 unspecified atom stereocenters. The molecule has 52 heavy (non-hydrogen) atoms. The van der Waals surface area contributed by atoms with E-state index in [1.54, 1.807) is 12.4 Å². The van der Waals surface area contributed by atoms with Crippen molar-refractivity contribution in [1.82, 2.24) is 9.97 Å². The van der Waals surface area contributed by atoms with Gasteiger partial charge in [-0.25, -0.2) is 0 Å². The summed E-state index contributed by atoms with van der Waals surface area (Å²) in [5, 5.41) is 7.39. The molecule has 0 spiro atoms. The maximum atomic E-state index is 4.75. The van der Waals surface area contributed by atoms with E-state index in [0.717, 1.165) is 21.8 Å². The average Bonchev–Trinajstić information content (AvgIpc) is 3.69. The zero-order valence-corrected chi connectivity index (χ0v) is 29.8. The molecular weight excluding hydrogens is 649 g/mol. The molecule has 0 saturated heterocycles. The summed E-state index contributed by atoms with van der Waals surface area (Å²) < 4.78 is 2.72. The van der Waals surface area contributed by atoms with Gasteiger partial charge in [0.15, 0.2) is 0 Å². The van der Waals surface area contributed by atoms with Crippen molar-refractivity contribution in [3.8, 4) is 22.3 Å². The van der Waals surface area contributed by atoms with Gasteiger partial charge >= 0.3 is 0 Å². The smallest absolute Gasteiger partial charge is 0.0971 e. The number of allylic oxidation sites excluding steroid dienone is 4. The van der Waals surface area contributed by atoms with Gasteiger partial charge in [-0.3, -0.25) is 9.97 Å². The monoisotopic (exact) mass is 682 g/mol. The van der Waals surface area contributed by atoms with E-state index in [4.69, 9.17) is 9.97 Å². The van der Waals surface area contributed by atoms with E-state index >= 15 is 0 Å². The standard InChI is InChI=1S/C49H34N2S/c1-49(2)43-27-32(17-20-36(43)37-21-19-33(28-44(37)49)34-14-8-15-41-38-12-5-6-16-45(38)52-48(34)41)30-10-7-9-29(25-30)31-18-22-40-42(26-31)35-11-3-4-13-39(35)46-47(40)51-24-23-50-46/h3-28,36,43H,1-2H3. The molecule has 0 N–H and O–H groups in total. The zero-order chi connectivity index (χ0) is 34.6. The van der Waals surface area contributed by atoms with Crippen LogP contribution in [-0.4, -0.2) is 9.97 Å². The van der Waals surface area contributed by atoms with Crippen LogP contribution in [0.2, 0.25) is 0 Å². The first-order valence-electron chi connectivity index (χ1n) is 18.1. The molecule has 2 heterocycles. The molecule has 7 aromatic carbocycles. The van der Waals surface area contributed by atoms with Gasteiger partial charge in [-0.05, 0) is 84.8 Å². The lowest BCUT2D eigenvalue weighted by Gasteiger charge is -2.31. The number of benzene rings is 7. The summed E-state index contributed by atoms with van der Waals surface area (Å²) in [6, 6.07) is 47.2. The predicted molar refractivity (Wildman–Crippen MR) is 221 cm³/mol. The Bertz CT molecular complexity index is 2980. The normalized spacial score (nSPS) is 17.6. The van der Waals surface area contributed by atoms with Crippen LogP contribution in [0, 0.1) is 5.92 Å². The minimum absolute atomic E-state index is 0.0112. The van der Waals surface area contributed by atoms with E-state index in [9.17, 15) is 0 Å². The molecule has 0 fully saturated rings. The molecule has 3 heteroatoms. The molecule has 0 radical (unpaired) electrons. The lowest BCUT2D eigenvalue weighted by molar-refractivity contribution is 0.395. The molecule has 0 bridgehead atoms. The first-order chi connectivity index (χ1) is 25.5. The van der Waals surface area contributed by atoms with Crippen molar-refractivity contribution in [3.05, 3.63) is 175 Å². The summed E-state index contributed by atoms with van der Waals surface area (Å²) in [4.78, 5) is 9.46. The van der Waals surface area contributed by atoms with Gasteiger partial charge < -0.3 is 0 Å². The Morgan fingerprint density at radius 1 is 0.558 bits per heavy atom. The van der Waals surface area contributed by atoms with Crippen LogP contribution in [0.15, 0.2) is 158 Å². The van der Waals surface area contributed by atoms with Crippen LogP contribution in [0.5, 0.6) is 0 Å². The quantitative estimate of drug-likeness (QED) is 0.173. The summed E-state index contributed by atoms with van der Waals surface area (Å²) in [7, 11) is 0. The van der Waals surface area contributed by atoms with Crippen molar-refractivity contribution in [2.24, 2.45) is 5.92 Å². The molecule has 2 aliphatic rings. The third-order valence-corrected chi connectivity index (χ3v) is 13.1. The zero-order valence-electron chi connectivity index (χ0n) is 29.0. The molecular formula is C49H34N2S. The second-order valence-electron chi connectivity index (χ2n) is 15.0. The predicted octanol–water partition coefficient (Wildman–Crippen LogP) is 13.3. The number of hydrogen-bond acceptors (Lipinski definition) is 3. The highest BCUT2D eigenvalue weighted by molar-refractivity contribution is 7.26. The maximum Gasteiger partial charge on any atom is 0.0971 e. The third kappa shape index (κ3) is 4.30. The minimum Gasteiger partial charge on any atom is -0.252 e. The van der Waals surface area contributed by atoms with E-state index in [0.29, 0.717) is 11.8 Å². The van der Waals surface area contributed by atoms with E-state index in [1.807, 2.05) is 11.3 Å². The lowest BCUT2D eigenvalue weighted by Crippen LogP contribution is -2.25. The first-order valence-corrected chi connectivity index (χ1v) is 19.0. The second-order valence-corrected chi connectivity index (χ2v) is 16.0. The Hall–Kier alpha value is -5.90. The summed E-state index contributed by atoms with van der Waals surface area (Å²) in [6.07, 6.45) is 10.9. The largest absolute Gasteiger partial charge is 0.252 e. The first kappa shape index (κ1) is 29.8. The highest BCUT2D eigenvalue weighted by Crippen LogP contribution is 2.55. The van der Waals surface area contributed by atoms with Gasteiger partial charge in [0.1, 0.15) is 0 Å². The van der Waals surface area contributed by atoms with Gasteiger partial charge in [-0.2, -0.15) is 0 Å². The minimum atomic E-state index is -0.0112. The fraction of sp³-hybridized carbons (Fsp3) is 0.102. The van der Waals surface area contributed by atoms with Crippen molar-refractivity contribution >= 4 is 69.7 Å². The molecule has 0 saturated carbocycles. The number of aromatic nitrogens is 2. The van der Waals surface area contributed by atoms with E-state index in [-0.39, 0.29) is 5.41 Å². The number of thiophene rings is 1. The number of rotatable bonds is 3. The molecule has 0 aliphatic heterocycles. The van der Waals surface area contributed by atoms with Crippen LogP contribution in [0.1, 0.15) is 36.5 Å². The van der Waals surface area contributed by atoms with Gasteiger partial charge in [0.05, 0.1) is 11.0 Å². The molecule has 0 amide bonds. The summed E-state index contributed by atoms with van der Waals surface area (Å²) in [5.41, 5.74) is 12.4. The number of nitrogens with zero attached hydrogens (tertiary/aromatic N) is 2. The third-order valence-electron chi connectivity index (χ3n) is 11.9. The van der Waals surface area contributed by atoms with E-state index < -0.39 is 0 Å². The van der Waals surface area contributed by atoms with Gasteiger partial charge in [0.2, 0.25) is 0 Å². The van der Waals surface area contributed by atoms with Crippen LogP contribution in [0.4, 0.5) is 0 Å². The Kier molecular flexibility index (Phi) is 6.33. The molecule has 2 aromatic heterocycles. The molecule has 246 valence electrons. The lowest BCUT2D eigenvalue weighted by atomic mass is 9.72. The van der Waals surface area contributed by atoms with E-state index in [1.165, 1.54) is 75.5 Å². The van der Waals surface area contributed by atoms with Gasteiger partial charge in [-0.15, -0.1) is 11.3 Å². The van der Waals surface area contributed by atoms with Crippen molar-refractivity contribution in [2.75, 3.05) is 0 Å². The van der Waals surface area contributed by atoms with Crippen LogP contribution >= 0.6 is 11.3 Å². The molecule has 11 rings (SSSR count). The van der Waals surface area contributed by atoms with Gasteiger partial charge in [0, 0.05) is 49.3 Å². The topological polar surface area (TPSA) is 25.8 Å². The fourth-order valence-electron chi connectivity index (χ4n) is 9.24. The van der Waals surface area contributed by atoms with Crippen molar-refractivity contribution in [3.63, 3.8) is 0 Å². The number of hydrogen-bond donors (Lipinski definition) is 0. The summed E-state index contributed by atoms with van der Waals surface area (Å²) >= 11 is 1.91. The molecule has 2 atom stereocenters. The van der Waals surface area contributed by atoms with Gasteiger partial charge in [-0.1, -0.05) is 141 Å². The van der Waals surface area contributed by atoms with Crippen LogP contribution in [0.25, 0.3) is 80.6 Å².